The van der Waals surface area contributed by atoms with E-state index >= 15 is 0 Å². The van der Waals surface area contributed by atoms with E-state index in [1.54, 1.807) is 6.92 Å². The van der Waals surface area contributed by atoms with Gasteiger partial charge >= 0.3 is 5.97 Å². The lowest BCUT2D eigenvalue weighted by atomic mass is 10.1. The summed E-state index contributed by atoms with van der Waals surface area (Å²) in [6.45, 7) is 1.79. The Balaban J connectivity index is 3.08. The molecule has 0 amide bonds. The molecule has 0 bridgehead atoms. The third kappa shape index (κ3) is 3.28. The Hall–Kier alpha value is -1.92. The van der Waals surface area contributed by atoms with Crippen LogP contribution in [0.1, 0.15) is 24.6 Å². The second-order valence-corrected chi connectivity index (χ2v) is 3.35. The van der Waals surface area contributed by atoms with Crippen LogP contribution in [0, 0.1) is 0 Å². The predicted molar refractivity (Wildman–Crippen MR) is 57.7 cm³/mol. The first-order valence-electron chi connectivity index (χ1n) is 5.20. The zero-order valence-corrected chi connectivity index (χ0v) is 9.94. The predicted octanol–water partition coefficient (Wildman–Crippen LogP) is 1.84. The fourth-order valence-corrected chi connectivity index (χ4v) is 1.34. The van der Waals surface area contributed by atoms with Gasteiger partial charge in [0.1, 0.15) is 5.69 Å². The fourth-order valence-electron chi connectivity index (χ4n) is 1.34. The van der Waals surface area contributed by atoms with Gasteiger partial charge in [-0.1, -0.05) is 0 Å². The number of halogens is 2. The van der Waals surface area contributed by atoms with Crippen LogP contribution in [0.4, 0.5) is 8.78 Å². The van der Waals surface area contributed by atoms with Crippen LogP contribution in [-0.4, -0.2) is 29.8 Å². The molecule has 0 aliphatic heterocycles. The minimum Gasteiger partial charge on any atom is -0.503 e. The average Bonchev–Trinajstić information content (AvgIpc) is 2.31. The van der Waals surface area contributed by atoms with Gasteiger partial charge in [0.15, 0.2) is 5.75 Å². The summed E-state index contributed by atoms with van der Waals surface area (Å²) in [7, 11) is 1.19. The van der Waals surface area contributed by atoms with Crippen molar-refractivity contribution in [2.24, 2.45) is 0 Å². The zero-order chi connectivity index (χ0) is 13.7. The second kappa shape index (κ2) is 6.13. The molecule has 0 saturated carbocycles. The molecule has 5 nitrogen and oxygen atoms in total. The van der Waals surface area contributed by atoms with Crippen molar-refractivity contribution in [2.75, 3.05) is 13.7 Å². The zero-order valence-electron chi connectivity index (χ0n) is 9.94. The molecule has 7 heteroatoms. The Kier molecular flexibility index (Phi) is 4.82. The lowest BCUT2D eigenvalue weighted by Crippen LogP contribution is -2.09. The summed E-state index contributed by atoms with van der Waals surface area (Å²) in [5.74, 6) is -1.40. The molecule has 1 aromatic rings. The van der Waals surface area contributed by atoms with E-state index in [1.807, 2.05) is 0 Å². The van der Waals surface area contributed by atoms with Gasteiger partial charge in [0.05, 0.1) is 20.1 Å². The Morgan fingerprint density at radius 1 is 1.56 bits per heavy atom. The van der Waals surface area contributed by atoms with Crippen LogP contribution in [-0.2, 0) is 16.0 Å². The Bertz CT molecular complexity index is 437. The lowest BCUT2D eigenvalue weighted by molar-refractivity contribution is -0.142. The highest BCUT2D eigenvalue weighted by molar-refractivity contribution is 5.74. The van der Waals surface area contributed by atoms with Crippen molar-refractivity contribution in [2.45, 2.75) is 19.8 Å². The van der Waals surface area contributed by atoms with Crippen LogP contribution in [0.15, 0.2) is 6.07 Å². The first kappa shape index (κ1) is 14.1. The van der Waals surface area contributed by atoms with E-state index in [2.05, 4.69) is 14.5 Å². The van der Waals surface area contributed by atoms with Gasteiger partial charge in [0.25, 0.3) is 12.3 Å². The lowest BCUT2D eigenvalue weighted by Gasteiger charge is -2.10. The standard InChI is InChI=1S/C11H13F2NO4/c1-3-18-8(15)5-6-4-7(10(12)13)14-11(17-2)9(6)16/h4,10,16H,3,5H2,1-2H3. The number of methoxy groups -OCH3 is 1. The molecule has 0 atom stereocenters. The van der Waals surface area contributed by atoms with Crippen LogP contribution in [0.2, 0.25) is 0 Å². The molecule has 1 heterocycles. The van der Waals surface area contributed by atoms with Gasteiger partial charge in [-0.3, -0.25) is 4.79 Å². The minimum absolute atomic E-state index is 0.00407. The van der Waals surface area contributed by atoms with Crippen LogP contribution in [0.25, 0.3) is 0 Å². The molecule has 0 unspecified atom stereocenters. The van der Waals surface area contributed by atoms with E-state index in [-0.39, 0.29) is 24.5 Å². The normalized spacial score (nSPS) is 10.5. The Morgan fingerprint density at radius 3 is 2.72 bits per heavy atom. The Morgan fingerprint density at radius 2 is 2.22 bits per heavy atom. The van der Waals surface area contributed by atoms with Crippen molar-refractivity contribution in [3.05, 3.63) is 17.3 Å². The summed E-state index contributed by atoms with van der Waals surface area (Å²) in [6, 6.07) is 0.958. The van der Waals surface area contributed by atoms with Crippen LogP contribution < -0.4 is 4.74 Å². The largest absolute Gasteiger partial charge is 0.503 e. The van der Waals surface area contributed by atoms with E-state index in [4.69, 9.17) is 0 Å². The number of aromatic nitrogens is 1. The summed E-state index contributed by atoms with van der Waals surface area (Å²) < 4.78 is 34.5. The molecule has 0 aliphatic rings. The molecule has 0 fully saturated rings. The van der Waals surface area contributed by atoms with Crippen LogP contribution >= 0.6 is 0 Å². The summed E-state index contributed by atoms with van der Waals surface area (Å²) in [4.78, 5) is 14.7. The molecule has 0 saturated heterocycles. The number of hydrogen-bond acceptors (Lipinski definition) is 5. The van der Waals surface area contributed by atoms with Gasteiger partial charge in [-0.15, -0.1) is 0 Å². The molecular formula is C11H13F2NO4. The number of esters is 1. The van der Waals surface area contributed by atoms with Crippen LogP contribution in [0.5, 0.6) is 11.6 Å². The number of pyridine rings is 1. The first-order valence-corrected chi connectivity index (χ1v) is 5.20. The van der Waals surface area contributed by atoms with Gasteiger partial charge in [0, 0.05) is 5.56 Å². The highest BCUT2D eigenvalue weighted by Crippen LogP contribution is 2.32. The molecular weight excluding hydrogens is 248 g/mol. The van der Waals surface area contributed by atoms with Crippen molar-refractivity contribution < 1.29 is 28.2 Å². The second-order valence-electron chi connectivity index (χ2n) is 3.35. The third-order valence-electron chi connectivity index (χ3n) is 2.12. The molecule has 0 aliphatic carbocycles. The molecule has 0 spiro atoms. The van der Waals surface area contributed by atoms with E-state index in [0.29, 0.717) is 0 Å². The summed E-state index contributed by atoms with van der Waals surface area (Å²) >= 11 is 0. The summed E-state index contributed by atoms with van der Waals surface area (Å²) in [6.07, 6.45) is -3.14. The minimum atomic E-state index is -2.82. The van der Waals surface area contributed by atoms with E-state index < -0.39 is 23.8 Å². The van der Waals surface area contributed by atoms with Gasteiger partial charge < -0.3 is 14.6 Å². The van der Waals surface area contributed by atoms with Gasteiger partial charge in [-0.05, 0) is 13.0 Å². The molecule has 18 heavy (non-hydrogen) atoms. The number of hydrogen-bond donors (Lipinski definition) is 1. The molecule has 100 valence electrons. The molecule has 0 radical (unpaired) electrons. The highest BCUT2D eigenvalue weighted by Gasteiger charge is 2.19. The molecule has 1 N–H and O–H groups in total. The van der Waals surface area contributed by atoms with E-state index in [0.717, 1.165) is 6.07 Å². The smallest absolute Gasteiger partial charge is 0.310 e. The van der Waals surface area contributed by atoms with Crippen molar-refractivity contribution in [3.8, 4) is 11.6 Å². The van der Waals surface area contributed by atoms with Gasteiger partial charge in [0.2, 0.25) is 0 Å². The highest BCUT2D eigenvalue weighted by atomic mass is 19.3. The quantitative estimate of drug-likeness (QED) is 0.819. The monoisotopic (exact) mass is 261 g/mol. The Labute approximate surface area is 102 Å². The molecule has 0 aromatic carbocycles. The number of aromatic hydroxyl groups is 1. The topological polar surface area (TPSA) is 68.7 Å². The number of nitrogens with zero attached hydrogens (tertiary/aromatic N) is 1. The van der Waals surface area contributed by atoms with Crippen molar-refractivity contribution in [3.63, 3.8) is 0 Å². The van der Waals surface area contributed by atoms with Crippen molar-refractivity contribution in [1.82, 2.24) is 4.98 Å². The number of ether oxygens (including phenoxy) is 2. The van der Waals surface area contributed by atoms with Crippen molar-refractivity contribution in [1.29, 1.82) is 0 Å². The van der Waals surface area contributed by atoms with E-state index in [9.17, 15) is 18.7 Å². The maximum Gasteiger partial charge on any atom is 0.310 e. The number of carbonyl (C=O) groups excluding carboxylic acids is 1. The maximum absolute atomic E-state index is 12.6. The molecule has 1 aromatic heterocycles. The van der Waals surface area contributed by atoms with Crippen LogP contribution in [0.3, 0.4) is 0 Å². The number of rotatable bonds is 5. The maximum atomic E-state index is 12.6. The van der Waals surface area contributed by atoms with Gasteiger partial charge in [-0.2, -0.15) is 0 Å². The van der Waals surface area contributed by atoms with E-state index in [1.165, 1.54) is 7.11 Å². The molecule has 1 rings (SSSR count). The first-order chi connectivity index (χ1) is 8.49. The summed E-state index contributed by atoms with van der Waals surface area (Å²) in [5, 5.41) is 9.67. The summed E-state index contributed by atoms with van der Waals surface area (Å²) in [5.41, 5.74) is -0.570. The van der Waals surface area contributed by atoms with Crippen molar-refractivity contribution >= 4 is 5.97 Å². The van der Waals surface area contributed by atoms with Gasteiger partial charge in [-0.25, -0.2) is 13.8 Å². The SMILES string of the molecule is CCOC(=O)Cc1cc(C(F)F)nc(OC)c1O. The average molecular weight is 261 g/mol. The number of carbonyl (C=O) groups is 1. The number of alkyl halides is 2. The fraction of sp³-hybridized carbons (Fsp3) is 0.455. The third-order valence-corrected chi connectivity index (χ3v) is 2.12.